The van der Waals surface area contributed by atoms with Crippen molar-refractivity contribution < 1.29 is 9.53 Å². The number of carbonyl (C=O) groups excluding carboxylic acids is 1. The van der Waals surface area contributed by atoms with Crippen LogP contribution in [0.1, 0.15) is 17.3 Å². The van der Waals surface area contributed by atoms with Crippen LogP contribution in [0.4, 0.5) is 0 Å². The number of esters is 1. The van der Waals surface area contributed by atoms with Crippen molar-refractivity contribution in [3.05, 3.63) is 66.2 Å². The zero-order valence-corrected chi connectivity index (χ0v) is 12.5. The first-order valence-corrected chi connectivity index (χ1v) is 8.09. The van der Waals surface area contributed by atoms with Crippen LogP contribution in [0, 0.1) is 0 Å². The molecule has 0 fully saturated rings. The van der Waals surface area contributed by atoms with Gasteiger partial charge in [-0.3, -0.25) is 0 Å². The van der Waals surface area contributed by atoms with Gasteiger partial charge >= 0.3 is 119 Å². The number of rotatable bonds is 5. The third kappa shape index (κ3) is 3.95. The van der Waals surface area contributed by atoms with Gasteiger partial charge in [-0.2, -0.15) is 0 Å². The Morgan fingerprint density at radius 3 is 2.21 bits per heavy atom. The molecule has 0 aliphatic rings. The van der Waals surface area contributed by atoms with E-state index < -0.39 is 0 Å². The van der Waals surface area contributed by atoms with Crippen LogP contribution in [-0.2, 0) is 9.53 Å². The van der Waals surface area contributed by atoms with Crippen molar-refractivity contribution in [2.75, 3.05) is 6.61 Å². The first kappa shape index (κ1) is 13.9. The van der Waals surface area contributed by atoms with Gasteiger partial charge in [-0.15, -0.1) is 0 Å². The van der Waals surface area contributed by atoms with Crippen molar-refractivity contribution in [2.45, 2.75) is 11.7 Å². The summed E-state index contributed by atoms with van der Waals surface area (Å²) in [5.74, 6) is -0.127. The van der Waals surface area contributed by atoms with Gasteiger partial charge < -0.3 is 0 Å². The van der Waals surface area contributed by atoms with E-state index in [-0.39, 0.29) is 25.7 Å². The van der Waals surface area contributed by atoms with Crippen molar-refractivity contribution in [1.29, 1.82) is 0 Å². The fraction of sp³-hybridized carbons (Fsp3) is 0.188. The number of hydrogen-bond acceptors (Lipinski definition) is 2. The van der Waals surface area contributed by atoms with Gasteiger partial charge in [0.25, 0.3) is 0 Å². The second kappa shape index (κ2) is 7.13. The van der Waals surface area contributed by atoms with Crippen LogP contribution in [0.2, 0.25) is 0 Å². The van der Waals surface area contributed by atoms with Gasteiger partial charge in [0, 0.05) is 0 Å². The third-order valence-electron chi connectivity index (χ3n) is 2.60. The van der Waals surface area contributed by atoms with Gasteiger partial charge in [0.1, 0.15) is 0 Å². The van der Waals surface area contributed by atoms with E-state index in [0.717, 1.165) is 5.56 Å². The predicted octanol–water partition coefficient (Wildman–Crippen LogP) is 2.32. The maximum absolute atomic E-state index is 12.1. The Balaban J connectivity index is 2.22. The molecule has 0 radical (unpaired) electrons. The zero-order chi connectivity index (χ0) is 13.5. The van der Waals surface area contributed by atoms with Crippen LogP contribution in [-0.4, -0.2) is 27.5 Å². The van der Waals surface area contributed by atoms with Crippen molar-refractivity contribution in [1.82, 2.24) is 0 Å². The average Bonchev–Trinajstić information content (AvgIpc) is 2.47. The molecule has 0 heterocycles. The van der Waals surface area contributed by atoms with Gasteiger partial charge in [-0.05, 0) is 0 Å². The predicted molar refractivity (Wildman–Crippen MR) is 77.6 cm³/mol. The standard InChI is InChI=1S/C16H16O2Se/c1-2-18-16(17)15(13-9-5-3-6-10-13)19-14-11-7-4-8-12-14/h3-12,15H,2H2,1H3. The minimum atomic E-state index is -0.170. The summed E-state index contributed by atoms with van der Waals surface area (Å²) in [6.07, 6.45) is 0. The Kier molecular flexibility index (Phi) is 5.19. The zero-order valence-electron chi connectivity index (χ0n) is 10.8. The summed E-state index contributed by atoms with van der Waals surface area (Å²) in [5.41, 5.74) is 1.03. The van der Waals surface area contributed by atoms with Gasteiger partial charge in [0.2, 0.25) is 0 Å². The van der Waals surface area contributed by atoms with E-state index in [4.69, 9.17) is 4.74 Å². The SMILES string of the molecule is CCOC(=O)C([Se]c1ccccc1)c1ccccc1. The molecule has 0 spiro atoms. The Hall–Kier alpha value is -1.57. The summed E-state index contributed by atoms with van der Waals surface area (Å²) in [6.45, 7) is 2.27. The molecule has 0 aliphatic carbocycles. The molecule has 2 nitrogen and oxygen atoms in total. The summed E-state index contributed by atoms with van der Waals surface area (Å²) in [4.78, 5) is 12.0. The molecule has 2 aromatic rings. The summed E-state index contributed by atoms with van der Waals surface area (Å²) < 4.78 is 6.41. The van der Waals surface area contributed by atoms with E-state index in [2.05, 4.69) is 12.1 Å². The van der Waals surface area contributed by atoms with Crippen molar-refractivity contribution in [2.24, 2.45) is 0 Å². The topological polar surface area (TPSA) is 26.3 Å². The van der Waals surface area contributed by atoms with Gasteiger partial charge in [0.15, 0.2) is 0 Å². The first-order valence-electron chi connectivity index (χ1n) is 6.24. The molecule has 0 saturated carbocycles. The fourth-order valence-corrected chi connectivity index (χ4v) is 3.92. The van der Waals surface area contributed by atoms with E-state index in [1.54, 1.807) is 0 Å². The second-order valence-electron chi connectivity index (χ2n) is 3.97. The van der Waals surface area contributed by atoms with Crippen LogP contribution >= 0.6 is 0 Å². The van der Waals surface area contributed by atoms with Crippen molar-refractivity contribution in [3.63, 3.8) is 0 Å². The molecule has 0 saturated heterocycles. The number of ether oxygens (including phenoxy) is 1. The molecule has 0 aromatic heterocycles. The third-order valence-corrected chi connectivity index (χ3v) is 5.21. The molecule has 2 rings (SSSR count). The molecular formula is C16H16O2Se. The van der Waals surface area contributed by atoms with Gasteiger partial charge in [-0.25, -0.2) is 0 Å². The second-order valence-corrected chi connectivity index (χ2v) is 6.45. The Bertz CT molecular complexity index is 511. The molecule has 3 heteroatoms. The molecule has 0 aliphatic heterocycles. The average molecular weight is 319 g/mol. The van der Waals surface area contributed by atoms with E-state index >= 15 is 0 Å². The molecule has 1 unspecified atom stereocenters. The van der Waals surface area contributed by atoms with E-state index in [1.165, 1.54) is 4.46 Å². The number of hydrogen-bond donors (Lipinski definition) is 0. The Labute approximate surface area is 120 Å². The van der Waals surface area contributed by atoms with E-state index in [1.807, 2.05) is 55.5 Å². The summed E-state index contributed by atoms with van der Waals surface area (Å²) in [6, 6.07) is 20.0. The molecule has 0 N–H and O–H groups in total. The quantitative estimate of drug-likeness (QED) is 0.624. The number of benzene rings is 2. The molecular weight excluding hydrogens is 303 g/mol. The van der Waals surface area contributed by atoms with Crippen LogP contribution in [0.25, 0.3) is 0 Å². The number of carbonyl (C=O) groups is 1. The Morgan fingerprint density at radius 1 is 1.05 bits per heavy atom. The molecule has 0 bridgehead atoms. The van der Waals surface area contributed by atoms with Crippen molar-refractivity contribution >= 4 is 25.4 Å². The van der Waals surface area contributed by atoms with Crippen LogP contribution in [0.15, 0.2) is 60.7 Å². The van der Waals surface area contributed by atoms with Crippen molar-refractivity contribution in [3.8, 4) is 0 Å². The van der Waals surface area contributed by atoms with Gasteiger partial charge in [0.05, 0.1) is 0 Å². The Morgan fingerprint density at radius 2 is 1.63 bits per heavy atom. The summed E-state index contributed by atoms with van der Waals surface area (Å²) >= 11 is 0.0366. The van der Waals surface area contributed by atoms with Crippen LogP contribution in [0.3, 0.4) is 0 Å². The maximum atomic E-state index is 12.1. The first-order chi connectivity index (χ1) is 9.31. The summed E-state index contributed by atoms with van der Waals surface area (Å²) in [7, 11) is 0. The van der Waals surface area contributed by atoms with E-state index in [9.17, 15) is 4.79 Å². The normalized spacial score (nSPS) is 11.8. The van der Waals surface area contributed by atoms with Crippen LogP contribution < -0.4 is 4.46 Å². The molecule has 1 atom stereocenters. The molecule has 2 aromatic carbocycles. The minimum absolute atomic E-state index is 0.0366. The molecule has 0 amide bonds. The van der Waals surface area contributed by atoms with E-state index in [0.29, 0.717) is 6.61 Å². The summed E-state index contributed by atoms with van der Waals surface area (Å²) in [5, 5.41) is 0. The van der Waals surface area contributed by atoms with Gasteiger partial charge in [-0.1, -0.05) is 0 Å². The molecule has 98 valence electrons. The fourth-order valence-electron chi connectivity index (χ4n) is 1.73. The monoisotopic (exact) mass is 320 g/mol. The van der Waals surface area contributed by atoms with Crippen LogP contribution in [0.5, 0.6) is 0 Å². The molecule has 19 heavy (non-hydrogen) atoms.